The Labute approximate surface area is 100 Å². The van der Waals surface area contributed by atoms with Crippen LogP contribution >= 0.6 is 12.6 Å². The van der Waals surface area contributed by atoms with E-state index >= 15 is 0 Å². The maximum atomic E-state index is 11.6. The van der Waals surface area contributed by atoms with Gasteiger partial charge < -0.3 is 5.32 Å². The Morgan fingerprint density at radius 1 is 1.19 bits per heavy atom. The summed E-state index contributed by atoms with van der Waals surface area (Å²) in [6, 6.07) is 13.8. The highest BCUT2D eigenvalue weighted by atomic mass is 32.1. The minimum absolute atomic E-state index is 0.0836. The molecule has 1 amide bonds. The van der Waals surface area contributed by atoms with Gasteiger partial charge in [0.25, 0.3) is 0 Å². The van der Waals surface area contributed by atoms with Crippen molar-refractivity contribution in [1.82, 2.24) is 0 Å². The molecule has 0 aliphatic heterocycles. The molecular weight excluding hydrogens is 218 g/mol. The molecule has 2 aromatic carbocycles. The molecule has 0 radical (unpaired) electrons. The van der Waals surface area contributed by atoms with Crippen LogP contribution in [0.1, 0.15) is 6.92 Å². The van der Waals surface area contributed by atoms with Gasteiger partial charge in [-0.05, 0) is 18.4 Å². The highest BCUT2D eigenvalue weighted by Crippen LogP contribution is 2.23. The number of carbonyl (C=O) groups excluding carboxylic acids is 1. The van der Waals surface area contributed by atoms with Crippen LogP contribution in [0.2, 0.25) is 0 Å². The molecule has 1 atom stereocenters. The summed E-state index contributed by atoms with van der Waals surface area (Å²) in [7, 11) is 0. The van der Waals surface area contributed by atoms with Gasteiger partial charge >= 0.3 is 0 Å². The monoisotopic (exact) mass is 231 g/mol. The van der Waals surface area contributed by atoms with Crippen LogP contribution in [-0.4, -0.2) is 11.2 Å². The molecule has 0 saturated carbocycles. The van der Waals surface area contributed by atoms with E-state index in [4.69, 9.17) is 0 Å². The van der Waals surface area contributed by atoms with Gasteiger partial charge in [-0.25, -0.2) is 0 Å². The van der Waals surface area contributed by atoms with Gasteiger partial charge in [0.15, 0.2) is 0 Å². The lowest BCUT2D eigenvalue weighted by atomic mass is 10.1. The van der Waals surface area contributed by atoms with Crippen molar-refractivity contribution in [1.29, 1.82) is 0 Å². The Morgan fingerprint density at radius 2 is 1.88 bits per heavy atom. The molecule has 0 spiro atoms. The van der Waals surface area contributed by atoms with Gasteiger partial charge in [-0.15, -0.1) is 0 Å². The summed E-state index contributed by atoms with van der Waals surface area (Å²) in [5.74, 6) is -0.0836. The van der Waals surface area contributed by atoms with E-state index in [1.165, 1.54) is 0 Å². The molecule has 0 saturated heterocycles. The number of benzene rings is 2. The summed E-state index contributed by atoms with van der Waals surface area (Å²) < 4.78 is 0. The molecule has 0 fully saturated rings. The zero-order valence-corrected chi connectivity index (χ0v) is 9.87. The molecule has 82 valence electrons. The third-order valence-electron chi connectivity index (χ3n) is 2.43. The zero-order valence-electron chi connectivity index (χ0n) is 8.97. The van der Waals surface area contributed by atoms with Crippen LogP contribution in [0.4, 0.5) is 5.69 Å². The number of carbonyl (C=O) groups is 1. The second-order valence-corrected chi connectivity index (χ2v) is 4.47. The highest BCUT2D eigenvalue weighted by molar-refractivity contribution is 7.81. The van der Waals surface area contributed by atoms with Crippen molar-refractivity contribution < 1.29 is 4.79 Å². The highest BCUT2D eigenvalue weighted by Gasteiger charge is 2.09. The SMILES string of the molecule is CC(S)C(=O)Nc1cccc2ccccc12. The van der Waals surface area contributed by atoms with Crippen molar-refractivity contribution >= 4 is 35.0 Å². The normalized spacial score (nSPS) is 12.4. The Morgan fingerprint density at radius 3 is 2.62 bits per heavy atom. The first-order valence-electron chi connectivity index (χ1n) is 5.15. The van der Waals surface area contributed by atoms with Crippen LogP contribution in [0, 0.1) is 0 Å². The lowest BCUT2D eigenvalue weighted by Gasteiger charge is -2.09. The second kappa shape index (κ2) is 4.58. The largest absolute Gasteiger partial charge is 0.325 e. The molecule has 0 aliphatic carbocycles. The van der Waals surface area contributed by atoms with Gasteiger partial charge in [0.05, 0.1) is 5.25 Å². The van der Waals surface area contributed by atoms with Gasteiger partial charge in [0.1, 0.15) is 0 Å². The fourth-order valence-corrected chi connectivity index (χ4v) is 1.64. The molecule has 0 aromatic heterocycles. The molecule has 3 heteroatoms. The van der Waals surface area contributed by atoms with Gasteiger partial charge in [0, 0.05) is 11.1 Å². The molecule has 16 heavy (non-hydrogen) atoms. The molecule has 0 bridgehead atoms. The van der Waals surface area contributed by atoms with E-state index in [1.54, 1.807) is 6.92 Å². The summed E-state index contributed by atoms with van der Waals surface area (Å²) in [4.78, 5) is 11.6. The minimum Gasteiger partial charge on any atom is -0.325 e. The number of fused-ring (bicyclic) bond motifs is 1. The lowest BCUT2D eigenvalue weighted by Crippen LogP contribution is -2.20. The van der Waals surface area contributed by atoms with E-state index < -0.39 is 0 Å². The van der Waals surface area contributed by atoms with Gasteiger partial charge in [-0.1, -0.05) is 36.4 Å². The molecule has 1 N–H and O–H groups in total. The lowest BCUT2D eigenvalue weighted by molar-refractivity contribution is -0.115. The van der Waals surface area contributed by atoms with E-state index in [-0.39, 0.29) is 11.2 Å². The van der Waals surface area contributed by atoms with E-state index in [1.807, 2.05) is 42.5 Å². The van der Waals surface area contributed by atoms with Crippen molar-refractivity contribution in [2.24, 2.45) is 0 Å². The van der Waals surface area contributed by atoms with Crippen LogP contribution < -0.4 is 5.32 Å². The number of thiol groups is 1. The molecule has 0 aliphatic rings. The van der Waals surface area contributed by atoms with Crippen LogP contribution in [0.3, 0.4) is 0 Å². The number of rotatable bonds is 2. The van der Waals surface area contributed by atoms with Crippen molar-refractivity contribution in [2.45, 2.75) is 12.2 Å². The smallest absolute Gasteiger partial charge is 0.236 e. The number of nitrogens with one attached hydrogen (secondary N) is 1. The Kier molecular flexibility index (Phi) is 3.15. The maximum Gasteiger partial charge on any atom is 0.236 e. The Balaban J connectivity index is 2.41. The van der Waals surface area contributed by atoms with E-state index in [2.05, 4.69) is 17.9 Å². The van der Waals surface area contributed by atoms with E-state index in [0.29, 0.717) is 0 Å². The first-order valence-corrected chi connectivity index (χ1v) is 5.67. The predicted octanol–water partition coefficient (Wildman–Crippen LogP) is 3.10. The third-order valence-corrected chi connectivity index (χ3v) is 2.66. The summed E-state index contributed by atoms with van der Waals surface area (Å²) in [6.45, 7) is 1.75. The van der Waals surface area contributed by atoms with Gasteiger partial charge in [-0.2, -0.15) is 12.6 Å². The maximum absolute atomic E-state index is 11.6. The van der Waals surface area contributed by atoms with Crippen LogP contribution in [-0.2, 0) is 4.79 Å². The molecule has 2 aromatic rings. The fourth-order valence-electron chi connectivity index (χ4n) is 1.57. The molecular formula is C13H13NOS. The Hall–Kier alpha value is -1.48. The summed E-state index contributed by atoms with van der Waals surface area (Å²) in [6.07, 6.45) is 0. The van der Waals surface area contributed by atoms with E-state index in [0.717, 1.165) is 16.5 Å². The molecule has 2 nitrogen and oxygen atoms in total. The summed E-state index contributed by atoms with van der Waals surface area (Å²) >= 11 is 4.11. The molecule has 0 heterocycles. The quantitative estimate of drug-likeness (QED) is 0.764. The van der Waals surface area contributed by atoms with Gasteiger partial charge in [-0.3, -0.25) is 4.79 Å². The first-order chi connectivity index (χ1) is 7.68. The topological polar surface area (TPSA) is 29.1 Å². The molecule has 1 unspecified atom stereocenters. The first kappa shape index (κ1) is 11.0. The average molecular weight is 231 g/mol. The molecule has 2 rings (SSSR count). The third kappa shape index (κ3) is 2.19. The van der Waals surface area contributed by atoms with E-state index in [9.17, 15) is 4.79 Å². The number of amides is 1. The number of hydrogen-bond acceptors (Lipinski definition) is 2. The average Bonchev–Trinajstić information content (AvgIpc) is 2.29. The van der Waals surface area contributed by atoms with Crippen molar-refractivity contribution in [3.63, 3.8) is 0 Å². The minimum atomic E-state index is -0.307. The standard InChI is InChI=1S/C13H13NOS/c1-9(16)13(15)14-12-8-4-6-10-5-2-3-7-11(10)12/h2-9,16H,1H3,(H,14,15). The zero-order chi connectivity index (χ0) is 11.5. The number of hydrogen-bond donors (Lipinski definition) is 2. The Bertz CT molecular complexity index is 517. The predicted molar refractivity (Wildman–Crippen MR) is 71.0 cm³/mol. The summed E-state index contributed by atoms with van der Waals surface area (Å²) in [5, 5.41) is 4.73. The fraction of sp³-hybridized carbons (Fsp3) is 0.154. The van der Waals surface area contributed by atoms with Crippen LogP contribution in [0.15, 0.2) is 42.5 Å². The number of anilines is 1. The van der Waals surface area contributed by atoms with Crippen LogP contribution in [0.5, 0.6) is 0 Å². The van der Waals surface area contributed by atoms with Crippen molar-refractivity contribution in [3.8, 4) is 0 Å². The van der Waals surface area contributed by atoms with Crippen molar-refractivity contribution in [2.75, 3.05) is 5.32 Å². The van der Waals surface area contributed by atoms with Gasteiger partial charge in [0.2, 0.25) is 5.91 Å². The van der Waals surface area contributed by atoms with Crippen molar-refractivity contribution in [3.05, 3.63) is 42.5 Å². The second-order valence-electron chi connectivity index (χ2n) is 3.69. The van der Waals surface area contributed by atoms with Crippen LogP contribution in [0.25, 0.3) is 10.8 Å². The summed E-state index contributed by atoms with van der Waals surface area (Å²) in [5.41, 5.74) is 0.837.